The molecule has 0 bridgehead atoms. The number of carbonyl (C=O) groups excluding carboxylic acids is 1. The van der Waals surface area contributed by atoms with Crippen molar-refractivity contribution in [3.05, 3.63) is 24.3 Å². The second-order valence-electron chi connectivity index (χ2n) is 5.62. The van der Waals surface area contributed by atoms with Crippen LogP contribution in [0.1, 0.15) is 45.9 Å². The highest BCUT2D eigenvalue weighted by Crippen LogP contribution is 2.49. The number of aromatic nitrogens is 2. The Morgan fingerprint density at radius 1 is 1.35 bits per heavy atom. The van der Waals surface area contributed by atoms with Crippen molar-refractivity contribution in [2.75, 3.05) is 0 Å². The van der Waals surface area contributed by atoms with E-state index in [1.165, 1.54) is 0 Å². The molecule has 1 fully saturated rings. The molecule has 0 aliphatic heterocycles. The van der Waals surface area contributed by atoms with Gasteiger partial charge in [-0.15, -0.1) is 0 Å². The van der Waals surface area contributed by atoms with Crippen LogP contribution in [-0.4, -0.2) is 21.5 Å². The molecule has 2 rings (SSSR count). The minimum Gasteiger partial charge on any atom is -0.460 e. The average molecular weight is 234 g/mol. The number of carbonyl (C=O) groups is 1. The standard InChI is InChI=1S/C13H18N2O2/c1-12(2,3)17-10(16)9-13(5-6-13)11-14-7-4-8-15-11/h4,7-8H,5-6,9H2,1-3H3. The van der Waals surface area contributed by atoms with Gasteiger partial charge in [-0.3, -0.25) is 4.79 Å². The predicted octanol–water partition coefficient (Wildman–Crippen LogP) is 2.24. The van der Waals surface area contributed by atoms with E-state index >= 15 is 0 Å². The van der Waals surface area contributed by atoms with Crippen molar-refractivity contribution < 1.29 is 9.53 Å². The van der Waals surface area contributed by atoms with Gasteiger partial charge in [0.25, 0.3) is 0 Å². The molecule has 1 heterocycles. The van der Waals surface area contributed by atoms with Gasteiger partial charge in [-0.2, -0.15) is 0 Å². The summed E-state index contributed by atoms with van der Waals surface area (Å²) in [4.78, 5) is 20.3. The van der Waals surface area contributed by atoms with Gasteiger partial charge in [0.2, 0.25) is 0 Å². The Kier molecular flexibility index (Phi) is 2.89. The van der Waals surface area contributed by atoms with Gasteiger partial charge < -0.3 is 4.74 Å². The molecule has 92 valence electrons. The van der Waals surface area contributed by atoms with Gasteiger partial charge in [0.1, 0.15) is 11.4 Å². The van der Waals surface area contributed by atoms with Crippen molar-refractivity contribution in [2.24, 2.45) is 0 Å². The van der Waals surface area contributed by atoms with Crippen molar-refractivity contribution in [3.8, 4) is 0 Å². The molecular formula is C13H18N2O2. The second kappa shape index (κ2) is 4.09. The summed E-state index contributed by atoms with van der Waals surface area (Å²) in [6.07, 6.45) is 5.76. The van der Waals surface area contributed by atoms with Crippen LogP contribution in [0.5, 0.6) is 0 Å². The number of ether oxygens (including phenoxy) is 1. The van der Waals surface area contributed by atoms with Crippen molar-refractivity contribution in [1.82, 2.24) is 9.97 Å². The summed E-state index contributed by atoms with van der Waals surface area (Å²) < 4.78 is 5.34. The Morgan fingerprint density at radius 3 is 2.41 bits per heavy atom. The van der Waals surface area contributed by atoms with Crippen molar-refractivity contribution in [1.29, 1.82) is 0 Å². The zero-order valence-corrected chi connectivity index (χ0v) is 10.6. The highest BCUT2D eigenvalue weighted by Gasteiger charge is 2.49. The normalized spacial score (nSPS) is 17.6. The molecule has 0 aromatic carbocycles. The van der Waals surface area contributed by atoms with Crippen LogP contribution in [0.3, 0.4) is 0 Å². The SMILES string of the molecule is CC(C)(C)OC(=O)CC1(c2ncccn2)CC1. The van der Waals surface area contributed by atoms with E-state index < -0.39 is 5.60 Å². The Morgan fingerprint density at radius 2 is 1.94 bits per heavy atom. The van der Waals surface area contributed by atoms with E-state index in [2.05, 4.69) is 9.97 Å². The third-order valence-electron chi connectivity index (χ3n) is 2.80. The maximum Gasteiger partial charge on any atom is 0.307 e. The highest BCUT2D eigenvalue weighted by atomic mass is 16.6. The number of rotatable bonds is 3. The predicted molar refractivity (Wildman–Crippen MR) is 63.4 cm³/mol. The lowest BCUT2D eigenvalue weighted by atomic mass is 10.0. The van der Waals surface area contributed by atoms with E-state index in [9.17, 15) is 4.79 Å². The molecule has 4 heteroatoms. The van der Waals surface area contributed by atoms with Crippen LogP contribution in [-0.2, 0) is 14.9 Å². The molecule has 0 N–H and O–H groups in total. The van der Waals surface area contributed by atoms with Gasteiger partial charge in [-0.1, -0.05) is 0 Å². The summed E-state index contributed by atoms with van der Waals surface area (Å²) in [6.45, 7) is 5.64. The van der Waals surface area contributed by atoms with Crippen LogP contribution in [0.15, 0.2) is 18.5 Å². The first-order valence-corrected chi connectivity index (χ1v) is 5.91. The molecule has 1 aliphatic rings. The summed E-state index contributed by atoms with van der Waals surface area (Å²) in [5.74, 6) is 0.605. The molecule has 0 unspecified atom stereocenters. The van der Waals surface area contributed by atoms with E-state index in [0.717, 1.165) is 18.7 Å². The van der Waals surface area contributed by atoms with Crippen LogP contribution in [0.4, 0.5) is 0 Å². The highest BCUT2D eigenvalue weighted by molar-refractivity contribution is 5.72. The van der Waals surface area contributed by atoms with Gasteiger partial charge in [0.15, 0.2) is 0 Å². The summed E-state index contributed by atoms with van der Waals surface area (Å²) in [6, 6.07) is 1.78. The van der Waals surface area contributed by atoms with Gasteiger partial charge in [0.05, 0.1) is 6.42 Å². The average Bonchev–Trinajstić information content (AvgIpc) is 2.97. The van der Waals surface area contributed by atoms with Crippen molar-refractivity contribution >= 4 is 5.97 Å². The molecule has 0 saturated heterocycles. The molecule has 0 radical (unpaired) electrons. The van der Waals surface area contributed by atoms with E-state index in [1.807, 2.05) is 20.8 Å². The number of nitrogens with zero attached hydrogens (tertiary/aromatic N) is 2. The summed E-state index contributed by atoms with van der Waals surface area (Å²) in [7, 11) is 0. The fourth-order valence-electron chi connectivity index (χ4n) is 1.86. The van der Waals surface area contributed by atoms with E-state index in [4.69, 9.17) is 4.74 Å². The van der Waals surface area contributed by atoms with E-state index in [0.29, 0.717) is 6.42 Å². The molecule has 1 aromatic rings. The molecular weight excluding hydrogens is 216 g/mol. The van der Waals surface area contributed by atoms with Crippen LogP contribution in [0.25, 0.3) is 0 Å². The first-order valence-electron chi connectivity index (χ1n) is 5.91. The Hall–Kier alpha value is -1.45. The number of hydrogen-bond donors (Lipinski definition) is 0. The molecule has 0 atom stereocenters. The summed E-state index contributed by atoms with van der Waals surface area (Å²) in [5.41, 5.74) is -0.589. The molecule has 1 aromatic heterocycles. The number of esters is 1. The second-order valence-corrected chi connectivity index (χ2v) is 5.62. The zero-order valence-electron chi connectivity index (χ0n) is 10.6. The maximum absolute atomic E-state index is 11.8. The van der Waals surface area contributed by atoms with Gasteiger partial charge in [0, 0.05) is 17.8 Å². The Labute approximate surface area is 101 Å². The lowest BCUT2D eigenvalue weighted by Crippen LogP contribution is -2.27. The fourth-order valence-corrected chi connectivity index (χ4v) is 1.86. The topological polar surface area (TPSA) is 52.1 Å². The van der Waals surface area contributed by atoms with E-state index in [-0.39, 0.29) is 11.4 Å². The van der Waals surface area contributed by atoms with Crippen molar-refractivity contribution in [2.45, 2.75) is 51.0 Å². The first-order chi connectivity index (χ1) is 7.91. The molecule has 17 heavy (non-hydrogen) atoms. The Bertz CT molecular complexity index is 405. The van der Waals surface area contributed by atoms with Crippen molar-refractivity contribution in [3.63, 3.8) is 0 Å². The largest absolute Gasteiger partial charge is 0.460 e. The molecule has 0 spiro atoms. The summed E-state index contributed by atoms with van der Waals surface area (Å²) >= 11 is 0. The monoisotopic (exact) mass is 234 g/mol. The maximum atomic E-state index is 11.8. The third kappa shape index (κ3) is 3.02. The third-order valence-corrected chi connectivity index (χ3v) is 2.80. The Balaban J connectivity index is 2.02. The van der Waals surface area contributed by atoms with Gasteiger partial charge in [-0.25, -0.2) is 9.97 Å². The minimum absolute atomic E-state index is 0.163. The lowest BCUT2D eigenvalue weighted by Gasteiger charge is -2.21. The van der Waals surface area contributed by atoms with Crippen LogP contribution in [0.2, 0.25) is 0 Å². The zero-order chi connectivity index (χ0) is 12.5. The van der Waals surface area contributed by atoms with E-state index in [1.54, 1.807) is 18.5 Å². The van der Waals surface area contributed by atoms with Crippen LogP contribution >= 0.6 is 0 Å². The van der Waals surface area contributed by atoms with Gasteiger partial charge in [-0.05, 0) is 39.7 Å². The molecule has 1 aliphatic carbocycles. The molecule has 0 amide bonds. The lowest BCUT2D eigenvalue weighted by molar-refractivity contribution is -0.155. The molecule has 4 nitrogen and oxygen atoms in total. The quantitative estimate of drug-likeness (QED) is 0.753. The smallest absolute Gasteiger partial charge is 0.307 e. The van der Waals surface area contributed by atoms with Crippen LogP contribution < -0.4 is 0 Å². The van der Waals surface area contributed by atoms with Crippen LogP contribution in [0, 0.1) is 0 Å². The van der Waals surface area contributed by atoms with Gasteiger partial charge >= 0.3 is 5.97 Å². The first kappa shape index (κ1) is 12.0. The fraction of sp³-hybridized carbons (Fsp3) is 0.615. The molecule has 1 saturated carbocycles. The number of hydrogen-bond acceptors (Lipinski definition) is 4. The summed E-state index contributed by atoms with van der Waals surface area (Å²) in [5, 5.41) is 0. The minimum atomic E-state index is -0.426.